The molecule has 3 nitrogen and oxygen atoms in total. The molecule has 1 aromatic carbocycles. The monoisotopic (exact) mass is 223 g/mol. The van der Waals surface area contributed by atoms with Crippen molar-refractivity contribution in [3.8, 4) is 11.5 Å². The second-order valence-corrected chi connectivity index (χ2v) is 4.40. The van der Waals surface area contributed by atoms with Crippen LogP contribution in [-0.2, 0) is 6.42 Å². The second kappa shape index (κ2) is 5.21. The lowest BCUT2D eigenvalue weighted by Crippen LogP contribution is -2.37. The summed E-state index contributed by atoms with van der Waals surface area (Å²) in [5.74, 6) is 1.51. The van der Waals surface area contributed by atoms with Crippen LogP contribution in [-0.4, -0.2) is 19.3 Å². The molecule has 0 spiro atoms. The molecular weight excluding hydrogens is 202 g/mol. The van der Waals surface area contributed by atoms with Gasteiger partial charge in [-0.1, -0.05) is 13.0 Å². The van der Waals surface area contributed by atoms with Gasteiger partial charge < -0.3 is 15.2 Å². The Kier molecular flexibility index (Phi) is 4.19. The van der Waals surface area contributed by atoms with E-state index in [4.69, 9.17) is 15.2 Å². The molecule has 0 amide bonds. The van der Waals surface area contributed by atoms with Crippen LogP contribution in [0.2, 0.25) is 0 Å². The summed E-state index contributed by atoms with van der Waals surface area (Å²) in [4.78, 5) is 0. The highest BCUT2D eigenvalue weighted by Gasteiger charge is 2.19. The molecule has 0 saturated heterocycles. The molecule has 1 rings (SSSR count). The minimum Gasteiger partial charge on any atom is -0.493 e. The molecule has 2 N–H and O–H groups in total. The van der Waals surface area contributed by atoms with Gasteiger partial charge in [-0.15, -0.1) is 0 Å². The molecule has 0 radical (unpaired) electrons. The number of nitrogens with two attached hydrogens (primary N) is 1. The number of hydrogen-bond donors (Lipinski definition) is 1. The van der Waals surface area contributed by atoms with E-state index in [1.807, 2.05) is 32.0 Å². The van der Waals surface area contributed by atoms with E-state index in [1.54, 1.807) is 7.11 Å². The fourth-order valence-corrected chi connectivity index (χ4v) is 1.36. The Bertz CT molecular complexity index is 348. The zero-order valence-electron chi connectivity index (χ0n) is 10.5. The van der Waals surface area contributed by atoms with Crippen molar-refractivity contribution in [2.75, 3.05) is 13.7 Å². The Morgan fingerprint density at radius 2 is 1.94 bits per heavy atom. The summed E-state index contributed by atoms with van der Waals surface area (Å²) >= 11 is 0. The third-order valence-electron chi connectivity index (χ3n) is 2.51. The van der Waals surface area contributed by atoms with Crippen LogP contribution in [0.5, 0.6) is 11.5 Å². The Morgan fingerprint density at radius 1 is 1.25 bits per heavy atom. The summed E-state index contributed by atoms with van der Waals surface area (Å²) in [7, 11) is 1.65. The van der Waals surface area contributed by atoms with Crippen LogP contribution in [0.4, 0.5) is 0 Å². The summed E-state index contributed by atoms with van der Waals surface area (Å²) in [6.07, 6.45) is 0.983. The first-order valence-electron chi connectivity index (χ1n) is 5.58. The number of hydrogen-bond acceptors (Lipinski definition) is 3. The first-order valence-corrected chi connectivity index (χ1v) is 5.58. The third-order valence-corrected chi connectivity index (χ3v) is 2.51. The lowest BCUT2D eigenvalue weighted by atomic mass is 10.1. The predicted octanol–water partition coefficient (Wildman–Crippen LogP) is 2.37. The molecule has 0 aliphatic carbocycles. The minimum absolute atomic E-state index is 0.374. The van der Waals surface area contributed by atoms with Crippen LogP contribution in [0.25, 0.3) is 0 Å². The van der Waals surface area contributed by atoms with Crippen LogP contribution in [0, 0.1) is 0 Å². The van der Waals surface area contributed by atoms with Gasteiger partial charge in [0.2, 0.25) is 0 Å². The average molecular weight is 223 g/mol. The van der Waals surface area contributed by atoms with Crippen molar-refractivity contribution in [2.24, 2.45) is 5.73 Å². The largest absolute Gasteiger partial charge is 0.493 e. The van der Waals surface area contributed by atoms with E-state index < -0.39 is 0 Å². The van der Waals surface area contributed by atoms with E-state index in [0.717, 1.165) is 17.9 Å². The zero-order valence-corrected chi connectivity index (χ0v) is 10.5. The van der Waals surface area contributed by atoms with E-state index in [1.165, 1.54) is 5.56 Å². The summed E-state index contributed by atoms with van der Waals surface area (Å²) in [5.41, 5.74) is 6.49. The number of rotatable bonds is 5. The Labute approximate surface area is 97.6 Å². The predicted molar refractivity (Wildman–Crippen MR) is 66.1 cm³/mol. The Hall–Kier alpha value is -1.22. The lowest BCUT2D eigenvalue weighted by Gasteiger charge is -2.25. The highest BCUT2D eigenvalue weighted by molar-refractivity contribution is 5.43. The van der Waals surface area contributed by atoms with E-state index in [9.17, 15) is 0 Å². The molecule has 0 fully saturated rings. The fraction of sp³-hybridized carbons (Fsp3) is 0.538. The molecular formula is C13H21NO2. The number of ether oxygens (including phenoxy) is 2. The van der Waals surface area contributed by atoms with Gasteiger partial charge in [0.15, 0.2) is 11.5 Å². The molecule has 1 aromatic rings. The van der Waals surface area contributed by atoms with Crippen molar-refractivity contribution in [1.29, 1.82) is 0 Å². The minimum atomic E-state index is -0.374. The fourth-order valence-electron chi connectivity index (χ4n) is 1.36. The standard InChI is InChI=1S/C13H21NO2/c1-5-10-6-7-11(12(8-10)15-4)16-13(2,3)9-14/h6-8H,5,9,14H2,1-4H3. The van der Waals surface area contributed by atoms with Crippen LogP contribution in [0.3, 0.4) is 0 Å². The van der Waals surface area contributed by atoms with Crippen LogP contribution < -0.4 is 15.2 Å². The molecule has 0 bridgehead atoms. The van der Waals surface area contributed by atoms with Gasteiger partial charge in [-0.05, 0) is 38.0 Å². The smallest absolute Gasteiger partial charge is 0.162 e. The topological polar surface area (TPSA) is 44.5 Å². The number of aryl methyl sites for hydroxylation is 1. The maximum Gasteiger partial charge on any atom is 0.162 e. The van der Waals surface area contributed by atoms with Gasteiger partial charge in [0.05, 0.1) is 7.11 Å². The Morgan fingerprint density at radius 3 is 2.44 bits per heavy atom. The quantitative estimate of drug-likeness (QED) is 0.833. The highest BCUT2D eigenvalue weighted by Crippen LogP contribution is 2.30. The van der Waals surface area contributed by atoms with Crippen molar-refractivity contribution < 1.29 is 9.47 Å². The maximum absolute atomic E-state index is 5.82. The molecule has 0 heterocycles. The van der Waals surface area contributed by atoms with Gasteiger partial charge in [0.25, 0.3) is 0 Å². The summed E-state index contributed by atoms with van der Waals surface area (Å²) < 4.78 is 11.1. The Balaban J connectivity index is 2.96. The van der Waals surface area contributed by atoms with Gasteiger partial charge in [-0.3, -0.25) is 0 Å². The first kappa shape index (κ1) is 12.8. The zero-order chi connectivity index (χ0) is 12.2. The van der Waals surface area contributed by atoms with Crippen molar-refractivity contribution in [1.82, 2.24) is 0 Å². The lowest BCUT2D eigenvalue weighted by molar-refractivity contribution is 0.114. The van der Waals surface area contributed by atoms with E-state index in [-0.39, 0.29) is 5.60 Å². The van der Waals surface area contributed by atoms with Gasteiger partial charge in [0, 0.05) is 6.54 Å². The summed E-state index contributed by atoms with van der Waals surface area (Å²) in [6.45, 7) is 6.49. The summed E-state index contributed by atoms with van der Waals surface area (Å²) in [6, 6.07) is 5.99. The second-order valence-electron chi connectivity index (χ2n) is 4.40. The van der Waals surface area contributed by atoms with Crippen molar-refractivity contribution >= 4 is 0 Å². The van der Waals surface area contributed by atoms with E-state index in [0.29, 0.717) is 6.54 Å². The van der Waals surface area contributed by atoms with E-state index in [2.05, 4.69) is 6.92 Å². The molecule has 0 unspecified atom stereocenters. The van der Waals surface area contributed by atoms with Gasteiger partial charge >= 0.3 is 0 Å². The molecule has 0 aromatic heterocycles. The highest BCUT2D eigenvalue weighted by atomic mass is 16.5. The SMILES string of the molecule is CCc1ccc(OC(C)(C)CN)c(OC)c1. The van der Waals surface area contributed by atoms with Crippen molar-refractivity contribution in [3.05, 3.63) is 23.8 Å². The molecule has 3 heteroatoms. The molecule has 90 valence electrons. The average Bonchev–Trinajstić information content (AvgIpc) is 2.29. The molecule has 0 aliphatic heterocycles. The molecule has 0 atom stereocenters. The van der Waals surface area contributed by atoms with Crippen molar-refractivity contribution in [2.45, 2.75) is 32.8 Å². The van der Waals surface area contributed by atoms with Gasteiger partial charge in [-0.2, -0.15) is 0 Å². The van der Waals surface area contributed by atoms with Crippen LogP contribution in [0.15, 0.2) is 18.2 Å². The molecule has 0 aliphatic rings. The first-order chi connectivity index (χ1) is 7.52. The van der Waals surface area contributed by atoms with Crippen LogP contribution >= 0.6 is 0 Å². The maximum atomic E-state index is 5.82. The molecule has 16 heavy (non-hydrogen) atoms. The van der Waals surface area contributed by atoms with Crippen LogP contribution in [0.1, 0.15) is 26.3 Å². The van der Waals surface area contributed by atoms with Crippen molar-refractivity contribution in [3.63, 3.8) is 0 Å². The third kappa shape index (κ3) is 3.14. The van der Waals surface area contributed by atoms with Gasteiger partial charge in [-0.25, -0.2) is 0 Å². The van der Waals surface area contributed by atoms with Gasteiger partial charge in [0.1, 0.15) is 5.60 Å². The summed E-state index contributed by atoms with van der Waals surface area (Å²) in [5, 5.41) is 0. The number of benzene rings is 1. The van der Waals surface area contributed by atoms with E-state index >= 15 is 0 Å². The normalized spacial score (nSPS) is 11.3. The number of methoxy groups -OCH3 is 1. The molecule has 0 saturated carbocycles.